The van der Waals surface area contributed by atoms with Crippen molar-refractivity contribution >= 4 is 37.1 Å². The fraction of sp³-hybridized carbons (Fsp3) is 0.227. The van der Waals surface area contributed by atoms with Gasteiger partial charge in [-0.15, -0.1) is 0 Å². The van der Waals surface area contributed by atoms with Crippen LogP contribution in [0.5, 0.6) is 0 Å². The van der Waals surface area contributed by atoms with Gasteiger partial charge in [0.1, 0.15) is 0 Å². The SMILES string of the molecule is CCC(C)[Si](O)(O)C=Cc1ccc(NC(=O)Cc2c[nH]c3ccccc23)cc1. The summed E-state index contributed by atoms with van der Waals surface area (Å²) < 4.78 is 0. The number of hydrogen-bond donors (Lipinski definition) is 4. The number of carbonyl (C=O) groups is 1. The number of amides is 1. The lowest BCUT2D eigenvalue weighted by Crippen LogP contribution is -2.37. The van der Waals surface area contributed by atoms with Crippen LogP contribution in [0.4, 0.5) is 5.69 Å². The van der Waals surface area contributed by atoms with Crippen LogP contribution < -0.4 is 5.32 Å². The molecule has 0 aliphatic carbocycles. The van der Waals surface area contributed by atoms with Crippen LogP contribution in [-0.4, -0.2) is 29.0 Å². The van der Waals surface area contributed by atoms with Crippen LogP contribution in [0.25, 0.3) is 17.0 Å². The largest absolute Gasteiger partial charge is 0.408 e. The third kappa shape index (κ3) is 4.78. The molecule has 1 atom stereocenters. The Labute approximate surface area is 166 Å². The Morgan fingerprint density at radius 3 is 2.61 bits per heavy atom. The molecule has 2 aromatic carbocycles. The van der Waals surface area contributed by atoms with Crippen molar-refractivity contribution in [1.82, 2.24) is 4.98 Å². The van der Waals surface area contributed by atoms with E-state index in [2.05, 4.69) is 10.3 Å². The van der Waals surface area contributed by atoms with Crippen molar-refractivity contribution in [3.8, 4) is 0 Å². The topological polar surface area (TPSA) is 85.3 Å². The molecule has 4 N–H and O–H groups in total. The number of nitrogens with one attached hydrogen (secondary N) is 2. The van der Waals surface area contributed by atoms with E-state index in [-0.39, 0.29) is 11.4 Å². The van der Waals surface area contributed by atoms with Crippen LogP contribution in [0.2, 0.25) is 5.54 Å². The van der Waals surface area contributed by atoms with E-state index in [0.717, 1.165) is 28.5 Å². The molecule has 28 heavy (non-hydrogen) atoms. The van der Waals surface area contributed by atoms with E-state index in [1.807, 2.05) is 68.6 Å². The smallest absolute Gasteiger partial charge is 0.362 e. The highest BCUT2D eigenvalue weighted by atomic mass is 28.4. The minimum Gasteiger partial charge on any atom is -0.408 e. The number of aromatic amines is 1. The van der Waals surface area contributed by atoms with Gasteiger partial charge in [0.25, 0.3) is 0 Å². The van der Waals surface area contributed by atoms with Crippen LogP contribution in [-0.2, 0) is 11.2 Å². The van der Waals surface area contributed by atoms with Crippen LogP contribution in [0.1, 0.15) is 31.4 Å². The Morgan fingerprint density at radius 1 is 1.18 bits per heavy atom. The van der Waals surface area contributed by atoms with Crippen molar-refractivity contribution in [3.63, 3.8) is 0 Å². The molecule has 0 radical (unpaired) electrons. The monoisotopic (exact) mass is 394 g/mol. The number of rotatable bonds is 7. The lowest BCUT2D eigenvalue weighted by Gasteiger charge is -2.19. The van der Waals surface area contributed by atoms with Crippen LogP contribution in [0, 0.1) is 0 Å². The van der Waals surface area contributed by atoms with E-state index >= 15 is 0 Å². The highest BCUT2D eigenvalue weighted by Crippen LogP contribution is 2.22. The molecule has 0 fully saturated rings. The molecular formula is C22H26N2O3Si. The van der Waals surface area contributed by atoms with E-state index in [1.54, 1.807) is 6.08 Å². The van der Waals surface area contributed by atoms with Gasteiger partial charge >= 0.3 is 8.56 Å². The average Bonchev–Trinajstić information content (AvgIpc) is 3.09. The zero-order valence-corrected chi connectivity index (χ0v) is 17.1. The van der Waals surface area contributed by atoms with Gasteiger partial charge in [-0.25, -0.2) is 0 Å². The van der Waals surface area contributed by atoms with Gasteiger partial charge in [-0.3, -0.25) is 4.79 Å². The predicted molar refractivity (Wildman–Crippen MR) is 116 cm³/mol. The second-order valence-corrected chi connectivity index (χ2v) is 10.0. The number of hydrogen-bond acceptors (Lipinski definition) is 3. The highest BCUT2D eigenvalue weighted by molar-refractivity contribution is 6.72. The fourth-order valence-electron chi connectivity index (χ4n) is 3.02. The van der Waals surface area contributed by atoms with Gasteiger partial charge in [0.05, 0.1) is 6.42 Å². The molecule has 5 nitrogen and oxygen atoms in total. The summed E-state index contributed by atoms with van der Waals surface area (Å²) in [6, 6.07) is 15.2. The first-order valence-electron chi connectivity index (χ1n) is 9.48. The molecule has 3 rings (SSSR count). The van der Waals surface area contributed by atoms with Crippen LogP contribution >= 0.6 is 0 Å². The summed E-state index contributed by atoms with van der Waals surface area (Å²) in [4.78, 5) is 35.9. The van der Waals surface area contributed by atoms with E-state index in [4.69, 9.17) is 0 Å². The summed E-state index contributed by atoms with van der Waals surface area (Å²) in [7, 11) is -3.34. The Kier molecular flexibility index (Phi) is 6.14. The number of para-hydroxylation sites is 1. The molecule has 0 saturated heterocycles. The molecule has 1 aromatic heterocycles. The molecule has 1 amide bonds. The van der Waals surface area contributed by atoms with Crippen molar-refractivity contribution in [3.05, 3.63) is 71.6 Å². The van der Waals surface area contributed by atoms with E-state index in [1.165, 1.54) is 5.70 Å². The summed E-state index contributed by atoms with van der Waals surface area (Å²) >= 11 is 0. The molecule has 146 valence electrons. The lowest BCUT2D eigenvalue weighted by molar-refractivity contribution is -0.115. The first kappa shape index (κ1) is 20.1. The van der Waals surface area contributed by atoms with Gasteiger partial charge in [-0.05, 0) is 35.0 Å². The molecule has 0 bridgehead atoms. The standard InChI is InChI=1S/C22H26N2O3Si/c1-3-16(2)28(26,27)13-12-17-8-10-19(11-9-17)24-22(25)14-18-15-23-21-7-5-4-6-20(18)21/h4-13,15-16,23,26-27H,3,14H2,1-2H3,(H,24,25). The lowest BCUT2D eigenvalue weighted by atomic mass is 10.1. The van der Waals surface area contributed by atoms with Gasteiger partial charge in [0, 0.05) is 28.3 Å². The molecule has 0 saturated carbocycles. The van der Waals surface area contributed by atoms with Crippen LogP contribution in [0.15, 0.2) is 60.4 Å². The number of aromatic nitrogens is 1. The first-order valence-corrected chi connectivity index (χ1v) is 11.5. The van der Waals surface area contributed by atoms with Crippen molar-refractivity contribution in [2.75, 3.05) is 5.32 Å². The van der Waals surface area contributed by atoms with Gasteiger partial charge in [0.2, 0.25) is 5.91 Å². The maximum Gasteiger partial charge on any atom is 0.362 e. The van der Waals surface area contributed by atoms with Gasteiger partial charge in [0.15, 0.2) is 0 Å². The highest BCUT2D eigenvalue weighted by Gasteiger charge is 2.32. The van der Waals surface area contributed by atoms with Gasteiger partial charge in [-0.1, -0.05) is 56.7 Å². The van der Waals surface area contributed by atoms with Crippen molar-refractivity contribution in [2.45, 2.75) is 32.2 Å². The zero-order valence-electron chi connectivity index (χ0n) is 16.1. The average molecular weight is 395 g/mol. The summed E-state index contributed by atoms with van der Waals surface area (Å²) in [5, 5.41) is 3.96. The first-order chi connectivity index (χ1) is 13.4. The Balaban J connectivity index is 1.61. The van der Waals surface area contributed by atoms with Gasteiger partial charge in [-0.2, -0.15) is 0 Å². The van der Waals surface area contributed by atoms with E-state index in [0.29, 0.717) is 12.1 Å². The molecule has 6 heteroatoms. The minimum absolute atomic E-state index is 0.0815. The summed E-state index contributed by atoms with van der Waals surface area (Å²) in [5.41, 5.74) is 4.97. The molecule has 1 unspecified atom stereocenters. The number of H-pyrrole nitrogens is 1. The van der Waals surface area contributed by atoms with Crippen LogP contribution in [0.3, 0.4) is 0 Å². The number of fused-ring (bicyclic) bond motifs is 1. The van der Waals surface area contributed by atoms with Crippen molar-refractivity contribution in [2.24, 2.45) is 0 Å². The molecule has 1 heterocycles. The zero-order chi connectivity index (χ0) is 20.1. The number of carbonyl (C=O) groups excluding carboxylic acids is 1. The molecule has 0 spiro atoms. The van der Waals surface area contributed by atoms with Crippen molar-refractivity contribution in [1.29, 1.82) is 0 Å². The third-order valence-corrected chi connectivity index (χ3v) is 7.60. The molecule has 0 aliphatic heterocycles. The predicted octanol–water partition coefficient (Wildman–Crippen LogP) is 4.13. The van der Waals surface area contributed by atoms with E-state index in [9.17, 15) is 14.4 Å². The molecule has 3 aromatic rings. The second-order valence-electron chi connectivity index (χ2n) is 7.13. The van der Waals surface area contributed by atoms with E-state index < -0.39 is 8.56 Å². The second kappa shape index (κ2) is 8.56. The Morgan fingerprint density at radius 2 is 1.89 bits per heavy atom. The minimum atomic E-state index is -3.34. The maximum absolute atomic E-state index is 12.4. The van der Waals surface area contributed by atoms with Gasteiger partial charge < -0.3 is 19.9 Å². The quantitative estimate of drug-likeness (QED) is 0.455. The van der Waals surface area contributed by atoms with Crippen molar-refractivity contribution < 1.29 is 14.4 Å². The summed E-state index contributed by atoms with van der Waals surface area (Å²) in [6.07, 6.45) is 4.62. The maximum atomic E-state index is 12.4. The summed E-state index contributed by atoms with van der Waals surface area (Å²) in [5.74, 6) is -0.0815. The molecular weight excluding hydrogens is 368 g/mol. The molecule has 0 aliphatic rings. The summed E-state index contributed by atoms with van der Waals surface area (Å²) in [6.45, 7) is 3.79. The number of anilines is 1. The third-order valence-electron chi connectivity index (χ3n) is 5.08. The Hall–Kier alpha value is -2.67. The Bertz CT molecular complexity index is 977. The number of benzene rings is 2. The normalized spacial score (nSPS) is 13.1. The fourth-order valence-corrected chi connectivity index (χ4v) is 4.38.